The van der Waals surface area contributed by atoms with Crippen molar-refractivity contribution in [2.24, 2.45) is 5.73 Å². The van der Waals surface area contributed by atoms with E-state index in [-0.39, 0.29) is 23.9 Å². The van der Waals surface area contributed by atoms with Crippen LogP contribution < -0.4 is 11.1 Å². The Kier molecular flexibility index (Phi) is 11.0. The number of benzene rings is 2. The number of aliphatic hydroxyl groups is 2. The number of carbonyl (C=O) groups is 1. The predicted octanol–water partition coefficient (Wildman–Crippen LogP) is 3.44. The van der Waals surface area contributed by atoms with E-state index in [1.54, 1.807) is 26.0 Å². The van der Waals surface area contributed by atoms with Gasteiger partial charge in [-0.3, -0.25) is 25.0 Å². The average Bonchev–Trinajstić information content (AvgIpc) is 2.78. The number of nitrogens with one attached hydrogen (secondary N) is 1. The Balaban J connectivity index is 0.000000350. The van der Waals surface area contributed by atoms with E-state index < -0.39 is 33.4 Å². The van der Waals surface area contributed by atoms with Crippen molar-refractivity contribution in [3.8, 4) is 0 Å². The van der Waals surface area contributed by atoms with Gasteiger partial charge in [0.25, 0.3) is 11.4 Å². The summed E-state index contributed by atoms with van der Waals surface area (Å²) >= 11 is 11.7. The van der Waals surface area contributed by atoms with Crippen LogP contribution in [0.3, 0.4) is 0 Å². The number of rotatable bonds is 8. The van der Waals surface area contributed by atoms with Crippen molar-refractivity contribution >= 4 is 60.7 Å². The van der Waals surface area contributed by atoms with Gasteiger partial charge >= 0.3 is 0 Å². The van der Waals surface area contributed by atoms with Gasteiger partial charge in [-0.15, -0.1) is 11.6 Å². The van der Waals surface area contributed by atoms with Crippen LogP contribution in [-0.2, 0) is 15.9 Å². The van der Waals surface area contributed by atoms with Crippen LogP contribution >= 0.6 is 43.5 Å². The minimum Gasteiger partial charge on any atom is -0.394 e. The highest BCUT2D eigenvalue weighted by molar-refractivity contribution is 9.10. The number of nitro benzene ring substituents is 2. The van der Waals surface area contributed by atoms with Gasteiger partial charge in [0.05, 0.1) is 34.1 Å². The summed E-state index contributed by atoms with van der Waals surface area (Å²) in [5.74, 6) is -0.730. The zero-order valence-electron chi connectivity index (χ0n) is 18.1. The number of hydrogen-bond donors (Lipinski definition) is 4. The van der Waals surface area contributed by atoms with Gasteiger partial charge < -0.3 is 21.3 Å². The summed E-state index contributed by atoms with van der Waals surface area (Å²) in [6.07, 6.45) is 0. The first kappa shape index (κ1) is 29.9. The molecule has 0 aliphatic carbocycles. The highest BCUT2D eigenvalue weighted by atomic mass is 79.9. The van der Waals surface area contributed by atoms with E-state index in [1.165, 1.54) is 24.3 Å². The molecule has 11 nitrogen and oxygen atoms in total. The van der Waals surface area contributed by atoms with Crippen LogP contribution in [-0.4, -0.2) is 45.1 Å². The predicted molar refractivity (Wildman–Crippen MR) is 134 cm³/mol. The molecule has 0 saturated heterocycles. The normalized spacial score (nSPS) is 14.1. The lowest BCUT2D eigenvalue weighted by atomic mass is 9.92. The van der Waals surface area contributed by atoms with E-state index >= 15 is 0 Å². The molecule has 2 aromatic rings. The van der Waals surface area contributed by atoms with Crippen LogP contribution in [0.4, 0.5) is 11.4 Å². The Labute approximate surface area is 216 Å². The number of carbonyl (C=O) groups excluding carboxylic acids is 1. The van der Waals surface area contributed by atoms with Gasteiger partial charge in [-0.1, -0.05) is 31.9 Å². The van der Waals surface area contributed by atoms with Crippen LogP contribution in [0.5, 0.6) is 0 Å². The second-order valence-electron chi connectivity index (χ2n) is 7.66. The van der Waals surface area contributed by atoms with Crippen LogP contribution in [0.1, 0.15) is 25.0 Å². The first-order valence-corrected chi connectivity index (χ1v) is 11.6. The Morgan fingerprint density at radius 2 is 1.41 bits per heavy atom. The quantitative estimate of drug-likeness (QED) is 0.195. The lowest BCUT2D eigenvalue weighted by Gasteiger charge is -2.29. The molecule has 2 aromatic carbocycles. The van der Waals surface area contributed by atoms with Gasteiger partial charge in [0.2, 0.25) is 5.91 Å². The topological polar surface area (TPSA) is 182 Å². The number of aliphatic hydroxyl groups excluding tert-OH is 2. The first-order valence-electron chi connectivity index (χ1n) is 9.47. The van der Waals surface area contributed by atoms with Crippen molar-refractivity contribution < 1.29 is 24.9 Å². The van der Waals surface area contributed by atoms with E-state index in [0.717, 1.165) is 0 Å². The van der Waals surface area contributed by atoms with Gasteiger partial charge in [-0.2, -0.15) is 0 Å². The highest BCUT2D eigenvalue weighted by Gasteiger charge is 2.29. The number of amides is 1. The molecule has 5 N–H and O–H groups in total. The molecule has 34 heavy (non-hydrogen) atoms. The van der Waals surface area contributed by atoms with Crippen molar-refractivity contribution in [3.05, 3.63) is 76.7 Å². The fourth-order valence-corrected chi connectivity index (χ4v) is 3.67. The fraction of sp³-hybridized carbons (Fsp3) is 0.350. The Morgan fingerprint density at radius 1 is 0.971 bits per heavy atom. The third kappa shape index (κ3) is 8.25. The molecule has 0 aliphatic heterocycles. The minimum absolute atomic E-state index is 0.0514. The monoisotopic (exact) mass is 624 g/mol. The Bertz CT molecular complexity index is 1070. The molecule has 14 heteroatoms. The molecular formula is C20H23Br2ClN4O7. The summed E-state index contributed by atoms with van der Waals surface area (Å²) in [6.45, 7) is 2.48. The zero-order valence-corrected chi connectivity index (χ0v) is 22.1. The smallest absolute Gasteiger partial charge is 0.270 e. The van der Waals surface area contributed by atoms with Gasteiger partial charge in [-0.25, -0.2) is 0 Å². The molecule has 0 aliphatic rings. The third-order valence-corrected chi connectivity index (χ3v) is 5.82. The van der Waals surface area contributed by atoms with E-state index in [0.29, 0.717) is 20.1 Å². The van der Waals surface area contributed by atoms with Gasteiger partial charge in [0.15, 0.2) is 0 Å². The second kappa shape index (κ2) is 12.5. The largest absolute Gasteiger partial charge is 0.394 e. The third-order valence-electron chi connectivity index (χ3n) is 4.66. The maximum Gasteiger partial charge on any atom is 0.270 e. The SMILES string of the molecule is C[C@@](CO)(NC(=O)CCl)c1cc(Br)cc([N+](=O)[O-])c1.C[C@](N)(CO)c1cc(Br)cc([N+](=O)[O-])c1. The zero-order chi connectivity index (χ0) is 26.3. The summed E-state index contributed by atoms with van der Waals surface area (Å²) in [7, 11) is 0. The summed E-state index contributed by atoms with van der Waals surface area (Å²) in [5, 5.41) is 42.5. The molecule has 0 fully saturated rings. The van der Waals surface area contributed by atoms with Crippen molar-refractivity contribution in [2.75, 3.05) is 19.1 Å². The van der Waals surface area contributed by atoms with Crippen molar-refractivity contribution in [2.45, 2.75) is 24.9 Å². The molecule has 0 bridgehead atoms. The standard InChI is InChI=1S/C11H12BrClN2O4.C9H11BrN2O3/c1-11(6-16,14-10(17)5-13)7-2-8(12)4-9(3-7)15(18)19;1-9(11,5-13)6-2-7(10)4-8(3-6)12(14)15/h2-4,16H,5-6H2,1H3,(H,14,17);2-4,13H,5,11H2,1H3/t11-;9-/m00/s1. The Morgan fingerprint density at radius 3 is 1.79 bits per heavy atom. The van der Waals surface area contributed by atoms with Crippen LogP contribution in [0.15, 0.2) is 45.3 Å². The molecule has 1 amide bonds. The highest BCUT2D eigenvalue weighted by Crippen LogP contribution is 2.29. The van der Waals surface area contributed by atoms with Crippen LogP contribution in [0.2, 0.25) is 0 Å². The molecule has 2 atom stereocenters. The molecule has 186 valence electrons. The summed E-state index contributed by atoms with van der Waals surface area (Å²) in [6, 6.07) is 8.64. The Hall–Kier alpha value is -2.16. The van der Waals surface area contributed by atoms with Gasteiger partial charge in [0.1, 0.15) is 5.88 Å². The molecule has 0 radical (unpaired) electrons. The number of halogens is 3. The lowest BCUT2D eigenvalue weighted by Crippen LogP contribution is -2.46. The molecular weight excluding hydrogens is 604 g/mol. The van der Waals surface area contributed by atoms with E-state index in [4.69, 9.17) is 22.4 Å². The number of nitrogens with two attached hydrogens (primary N) is 1. The summed E-state index contributed by atoms with van der Waals surface area (Å²) in [4.78, 5) is 31.7. The molecule has 0 unspecified atom stereocenters. The molecule has 0 spiro atoms. The maximum absolute atomic E-state index is 11.4. The van der Waals surface area contributed by atoms with E-state index in [2.05, 4.69) is 37.2 Å². The van der Waals surface area contributed by atoms with Crippen molar-refractivity contribution in [3.63, 3.8) is 0 Å². The average molecular weight is 627 g/mol. The van der Waals surface area contributed by atoms with Gasteiger partial charge in [0, 0.05) is 33.2 Å². The minimum atomic E-state index is -1.14. The summed E-state index contributed by atoms with van der Waals surface area (Å²) < 4.78 is 1.05. The van der Waals surface area contributed by atoms with Crippen LogP contribution in [0, 0.1) is 20.2 Å². The molecule has 0 saturated carbocycles. The van der Waals surface area contributed by atoms with E-state index in [9.17, 15) is 30.1 Å². The fourth-order valence-electron chi connectivity index (χ4n) is 2.64. The van der Waals surface area contributed by atoms with Crippen molar-refractivity contribution in [1.29, 1.82) is 0 Å². The van der Waals surface area contributed by atoms with Crippen molar-refractivity contribution in [1.82, 2.24) is 5.32 Å². The number of hydrogen-bond acceptors (Lipinski definition) is 8. The van der Waals surface area contributed by atoms with Gasteiger partial charge in [-0.05, 0) is 37.1 Å². The van der Waals surface area contributed by atoms with Crippen LogP contribution in [0.25, 0.3) is 0 Å². The molecule has 0 aromatic heterocycles. The number of nitrogens with zero attached hydrogens (tertiary/aromatic N) is 2. The molecule has 0 heterocycles. The number of non-ortho nitro benzene ring substituents is 2. The number of alkyl halides is 1. The van der Waals surface area contributed by atoms with E-state index in [1.807, 2.05) is 0 Å². The second-order valence-corrected chi connectivity index (χ2v) is 9.76. The maximum atomic E-state index is 11.4. The number of nitro groups is 2. The first-order chi connectivity index (χ1) is 15.7. The summed E-state index contributed by atoms with van der Waals surface area (Å²) in [5.41, 5.74) is 4.41. The molecule has 2 rings (SSSR count). The lowest BCUT2D eigenvalue weighted by molar-refractivity contribution is -0.385.